The third-order valence-corrected chi connectivity index (χ3v) is 4.65. The van der Waals surface area contributed by atoms with Gasteiger partial charge in [0.25, 0.3) is 0 Å². The van der Waals surface area contributed by atoms with Gasteiger partial charge in [-0.1, -0.05) is 12.1 Å². The predicted octanol–water partition coefficient (Wildman–Crippen LogP) is 2.09. The summed E-state index contributed by atoms with van der Waals surface area (Å²) >= 11 is 0. The molecule has 0 radical (unpaired) electrons. The van der Waals surface area contributed by atoms with E-state index in [1.807, 2.05) is 12.1 Å². The molecule has 1 spiro atoms. The fraction of sp³-hybridized carbons (Fsp3) is 0.312. The molecule has 0 saturated carbocycles. The third-order valence-electron chi connectivity index (χ3n) is 4.65. The lowest BCUT2D eigenvalue weighted by Crippen LogP contribution is -2.35. The normalized spacial score (nSPS) is 27.7. The Morgan fingerprint density at radius 2 is 2.05 bits per heavy atom. The first kappa shape index (κ1) is 10.9. The van der Waals surface area contributed by atoms with E-state index in [-0.39, 0.29) is 11.3 Å². The fourth-order valence-corrected chi connectivity index (χ4v) is 3.73. The van der Waals surface area contributed by atoms with E-state index in [4.69, 9.17) is 5.73 Å². The van der Waals surface area contributed by atoms with E-state index < -0.39 is 0 Å². The number of carbonyl (C=O) groups is 1. The third kappa shape index (κ3) is 1.35. The van der Waals surface area contributed by atoms with Crippen LogP contribution in [-0.4, -0.2) is 5.91 Å². The maximum absolute atomic E-state index is 12.5. The van der Waals surface area contributed by atoms with Crippen molar-refractivity contribution in [3.63, 3.8) is 0 Å². The second-order valence-electron chi connectivity index (χ2n) is 5.75. The Bertz CT molecular complexity index is 657. The van der Waals surface area contributed by atoms with Gasteiger partial charge in [0.1, 0.15) is 0 Å². The molecule has 3 N–H and O–H groups in total. The highest BCUT2D eigenvalue weighted by Gasteiger charge is 2.51. The van der Waals surface area contributed by atoms with Crippen LogP contribution >= 0.6 is 0 Å². The molecule has 1 atom stereocenters. The number of nitrogen functional groups attached to an aromatic ring is 1. The highest BCUT2D eigenvalue weighted by molar-refractivity contribution is 5.93. The minimum absolute atomic E-state index is 0.166. The Morgan fingerprint density at radius 3 is 2.95 bits per heavy atom. The molecule has 4 rings (SSSR count). The number of hydrogen-bond donors (Lipinski definition) is 2. The SMILES string of the molecule is Nc1ccc2c(c1)CC1(C2)C(=O)NC2=C1CCC=C2. The summed E-state index contributed by atoms with van der Waals surface area (Å²) in [7, 11) is 0. The average Bonchev–Trinajstić information content (AvgIpc) is 2.90. The number of fused-ring (bicyclic) bond motifs is 2. The van der Waals surface area contributed by atoms with E-state index in [9.17, 15) is 4.79 Å². The molecule has 1 aromatic rings. The summed E-state index contributed by atoms with van der Waals surface area (Å²) in [5, 5.41) is 3.06. The van der Waals surface area contributed by atoms with Gasteiger partial charge < -0.3 is 11.1 Å². The lowest BCUT2D eigenvalue weighted by Gasteiger charge is -2.24. The monoisotopic (exact) mass is 252 g/mol. The standard InChI is InChI=1S/C16H16N2O/c17-12-6-5-10-8-16(9-11(10)7-12)13-3-1-2-4-14(13)18-15(16)19/h2,4-7H,1,3,8-9,17H2,(H,18,19). The van der Waals surface area contributed by atoms with E-state index in [0.717, 1.165) is 37.1 Å². The van der Waals surface area contributed by atoms with Gasteiger partial charge >= 0.3 is 0 Å². The Kier molecular flexibility index (Phi) is 2.00. The van der Waals surface area contributed by atoms with Crippen LogP contribution in [0.2, 0.25) is 0 Å². The molecule has 2 aliphatic carbocycles. The summed E-state index contributed by atoms with van der Waals surface area (Å²) in [4.78, 5) is 12.5. The molecule has 96 valence electrons. The van der Waals surface area contributed by atoms with Crippen LogP contribution in [0.5, 0.6) is 0 Å². The van der Waals surface area contributed by atoms with Gasteiger partial charge in [-0.05, 0) is 60.6 Å². The Labute approximate surface area is 112 Å². The molecule has 0 aromatic heterocycles. The van der Waals surface area contributed by atoms with Crippen LogP contribution in [0.3, 0.4) is 0 Å². The van der Waals surface area contributed by atoms with Gasteiger partial charge in [0.05, 0.1) is 5.41 Å². The van der Waals surface area contributed by atoms with Crippen molar-refractivity contribution in [2.24, 2.45) is 5.41 Å². The minimum atomic E-state index is -0.337. The number of rotatable bonds is 0. The molecule has 0 bridgehead atoms. The van der Waals surface area contributed by atoms with Gasteiger partial charge in [-0.15, -0.1) is 0 Å². The summed E-state index contributed by atoms with van der Waals surface area (Å²) in [5.41, 5.74) is 11.2. The predicted molar refractivity (Wildman–Crippen MR) is 74.2 cm³/mol. The van der Waals surface area contributed by atoms with Crippen LogP contribution in [0.15, 0.2) is 41.6 Å². The zero-order chi connectivity index (χ0) is 13.0. The summed E-state index contributed by atoms with van der Waals surface area (Å²) in [6.45, 7) is 0. The van der Waals surface area contributed by atoms with Crippen molar-refractivity contribution in [1.29, 1.82) is 0 Å². The number of amides is 1. The molecule has 19 heavy (non-hydrogen) atoms. The van der Waals surface area contributed by atoms with Crippen LogP contribution in [0.1, 0.15) is 24.0 Å². The second kappa shape index (κ2) is 3.50. The van der Waals surface area contributed by atoms with Crippen LogP contribution < -0.4 is 11.1 Å². The molecule has 3 nitrogen and oxygen atoms in total. The number of allylic oxidation sites excluding steroid dienone is 2. The fourth-order valence-electron chi connectivity index (χ4n) is 3.73. The first-order valence-electron chi connectivity index (χ1n) is 6.78. The highest BCUT2D eigenvalue weighted by Crippen LogP contribution is 2.49. The molecule has 1 aliphatic heterocycles. The first-order valence-corrected chi connectivity index (χ1v) is 6.78. The Hall–Kier alpha value is -2.03. The topological polar surface area (TPSA) is 55.1 Å². The number of carbonyl (C=O) groups excluding carboxylic acids is 1. The minimum Gasteiger partial charge on any atom is -0.399 e. The first-order chi connectivity index (χ1) is 9.19. The Balaban J connectivity index is 1.83. The van der Waals surface area contributed by atoms with Crippen molar-refractivity contribution in [3.05, 3.63) is 52.7 Å². The van der Waals surface area contributed by atoms with Crippen LogP contribution in [0.25, 0.3) is 0 Å². The molecular weight excluding hydrogens is 236 g/mol. The number of nitrogens with one attached hydrogen (secondary N) is 1. The van der Waals surface area contributed by atoms with E-state index in [0.29, 0.717) is 0 Å². The van der Waals surface area contributed by atoms with Crippen molar-refractivity contribution in [3.8, 4) is 0 Å². The molecule has 1 amide bonds. The smallest absolute Gasteiger partial charge is 0.235 e. The van der Waals surface area contributed by atoms with Crippen molar-refractivity contribution in [1.82, 2.24) is 5.32 Å². The summed E-state index contributed by atoms with van der Waals surface area (Å²) in [5.74, 6) is 0.166. The molecule has 0 saturated heterocycles. The van der Waals surface area contributed by atoms with Gasteiger partial charge in [-0.25, -0.2) is 0 Å². The maximum Gasteiger partial charge on any atom is 0.235 e. The lowest BCUT2D eigenvalue weighted by molar-refractivity contribution is -0.126. The summed E-state index contributed by atoms with van der Waals surface area (Å²) in [6, 6.07) is 6.03. The molecule has 3 heteroatoms. The van der Waals surface area contributed by atoms with Gasteiger partial charge in [0, 0.05) is 11.4 Å². The van der Waals surface area contributed by atoms with Gasteiger partial charge in [0.15, 0.2) is 0 Å². The molecule has 1 aromatic carbocycles. The number of anilines is 1. The zero-order valence-corrected chi connectivity index (χ0v) is 10.7. The summed E-state index contributed by atoms with van der Waals surface area (Å²) in [6.07, 6.45) is 7.84. The second-order valence-corrected chi connectivity index (χ2v) is 5.75. The number of nitrogens with two attached hydrogens (primary N) is 1. The number of hydrogen-bond acceptors (Lipinski definition) is 2. The van der Waals surface area contributed by atoms with E-state index >= 15 is 0 Å². The maximum atomic E-state index is 12.5. The summed E-state index contributed by atoms with van der Waals surface area (Å²) < 4.78 is 0. The molecule has 0 fully saturated rings. The Morgan fingerprint density at radius 1 is 1.21 bits per heavy atom. The highest BCUT2D eigenvalue weighted by atomic mass is 16.2. The van der Waals surface area contributed by atoms with E-state index in [1.54, 1.807) is 0 Å². The van der Waals surface area contributed by atoms with Crippen molar-refractivity contribution >= 4 is 11.6 Å². The van der Waals surface area contributed by atoms with Crippen molar-refractivity contribution in [2.45, 2.75) is 25.7 Å². The quantitative estimate of drug-likeness (QED) is 0.695. The zero-order valence-electron chi connectivity index (χ0n) is 10.7. The lowest BCUT2D eigenvalue weighted by atomic mass is 9.75. The molecule has 1 unspecified atom stereocenters. The van der Waals surface area contributed by atoms with Gasteiger partial charge in [-0.2, -0.15) is 0 Å². The van der Waals surface area contributed by atoms with Gasteiger partial charge in [0.2, 0.25) is 5.91 Å². The van der Waals surface area contributed by atoms with Crippen LogP contribution in [-0.2, 0) is 17.6 Å². The molecule has 1 heterocycles. The number of benzene rings is 1. The van der Waals surface area contributed by atoms with Gasteiger partial charge in [-0.3, -0.25) is 4.79 Å². The molecule has 3 aliphatic rings. The molecular formula is C16H16N2O. The average molecular weight is 252 g/mol. The largest absolute Gasteiger partial charge is 0.399 e. The van der Waals surface area contributed by atoms with Crippen molar-refractivity contribution in [2.75, 3.05) is 5.73 Å². The van der Waals surface area contributed by atoms with Crippen LogP contribution in [0.4, 0.5) is 5.69 Å². The van der Waals surface area contributed by atoms with E-state index in [2.05, 4.69) is 23.5 Å². The van der Waals surface area contributed by atoms with Crippen molar-refractivity contribution < 1.29 is 4.79 Å². The van der Waals surface area contributed by atoms with E-state index in [1.165, 1.54) is 16.7 Å². The van der Waals surface area contributed by atoms with Crippen LogP contribution in [0, 0.1) is 5.41 Å².